The summed E-state index contributed by atoms with van der Waals surface area (Å²) < 4.78 is 57.6. The van der Waals surface area contributed by atoms with Gasteiger partial charge in [-0.25, -0.2) is 4.98 Å². The van der Waals surface area contributed by atoms with Crippen molar-refractivity contribution in [3.05, 3.63) is 222 Å². The van der Waals surface area contributed by atoms with Crippen molar-refractivity contribution in [1.29, 1.82) is 0 Å². The Hall–Kier alpha value is -7.33. The Bertz CT molecular complexity index is 4380. The number of benzene rings is 8. The van der Waals surface area contributed by atoms with Crippen molar-refractivity contribution in [2.24, 2.45) is 0 Å². The summed E-state index contributed by atoms with van der Waals surface area (Å²) in [6.07, 6.45) is 5.77. The molecule has 0 aliphatic heterocycles. The van der Waals surface area contributed by atoms with E-state index in [0.29, 0.717) is 22.7 Å². The maximum absolute atomic E-state index is 9.21. The molecule has 3 aromatic heterocycles. The number of aromatic nitrogens is 4. The number of fused-ring (bicyclic) bond motifs is 4. The summed E-state index contributed by atoms with van der Waals surface area (Å²) >= 11 is 0. The van der Waals surface area contributed by atoms with Crippen LogP contribution in [0.4, 0.5) is 0 Å². The van der Waals surface area contributed by atoms with Crippen LogP contribution >= 0.6 is 0 Å². The number of rotatable bonds is 8. The molecular weight excluding hydrogens is 1160 g/mol. The summed E-state index contributed by atoms with van der Waals surface area (Å²) in [6, 6.07) is 54.4. The fraction of sp³-hybridized carbons (Fsp3) is 0.270. The molecule has 80 heavy (non-hydrogen) atoms. The van der Waals surface area contributed by atoms with E-state index in [2.05, 4.69) is 239 Å². The molecule has 0 aliphatic rings. The van der Waals surface area contributed by atoms with Gasteiger partial charge in [0.1, 0.15) is 5.82 Å². The molecule has 0 unspecified atom stereocenters. The van der Waals surface area contributed by atoms with Crippen LogP contribution in [0, 0.1) is 18.5 Å². The smallest absolute Gasteiger partial charge is 0.268 e. The second-order valence-corrected chi connectivity index (χ2v) is 26.4. The van der Waals surface area contributed by atoms with Gasteiger partial charge in [0, 0.05) is 44.3 Å². The van der Waals surface area contributed by atoms with Gasteiger partial charge in [-0.15, -0.1) is 29.7 Å². The molecule has 408 valence electrons. The van der Waals surface area contributed by atoms with Gasteiger partial charge in [0.2, 0.25) is 0 Å². The first-order valence-electron chi connectivity index (χ1n) is 30.0. The fourth-order valence-electron chi connectivity index (χ4n) is 10.6. The molecule has 0 atom stereocenters. The Morgan fingerprint density at radius 1 is 0.487 bits per heavy atom. The van der Waals surface area contributed by atoms with E-state index in [1.807, 2.05) is 42.6 Å². The van der Waals surface area contributed by atoms with Crippen molar-refractivity contribution in [1.82, 2.24) is 14.1 Å². The van der Waals surface area contributed by atoms with Gasteiger partial charge < -0.3 is 13.9 Å². The summed E-state index contributed by atoms with van der Waals surface area (Å²) in [5, 5.41) is 2.13. The Balaban J connectivity index is 0.00000803. The Kier molecular flexibility index (Phi) is 12.8. The molecule has 8 aromatic carbocycles. The number of ether oxygens (including phenoxy) is 1. The van der Waals surface area contributed by atoms with E-state index >= 15 is 0 Å². The van der Waals surface area contributed by atoms with E-state index in [-0.39, 0.29) is 72.5 Å². The fourth-order valence-corrected chi connectivity index (χ4v) is 10.6. The molecule has 11 aromatic rings. The average Bonchev–Trinajstić information content (AvgIpc) is 2.34. The minimum absolute atomic E-state index is 0. The largest absolute Gasteiger partial charge is 0.510 e. The zero-order valence-corrected chi connectivity index (χ0v) is 51.1. The molecular formula is C74H74N4OPt-2. The molecule has 0 N–H and O–H groups in total. The normalized spacial score (nSPS) is 13.5. The Morgan fingerprint density at radius 2 is 1.12 bits per heavy atom. The first-order chi connectivity index (χ1) is 39.4. The van der Waals surface area contributed by atoms with E-state index in [1.54, 1.807) is 0 Å². The van der Waals surface area contributed by atoms with Gasteiger partial charge in [-0.3, -0.25) is 4.57 Å². The minimum atomic E-state index is -0.546. The molecule has 0 amide bonds. The van der Waals surface area contributed by atoms with Gasteiger partial charge in [-0.05, 0) is 130 Å². The molecule has 0 bridgehead atoms. The van der Waals surface area contributed by atoms with Crippen LogP contribution in [0.2, 0.25) is 0 Å². The van der Waals surface area contributed by atoms with Gasteiger partial charge in [0.25, 0.3) is 6.33 Å². The summed E-state index contributed by atoms with van der Waals surface area (Å²) in [7, 11) is 0. The maximum atomic E-state index is 9.21. The molecule has 6 heteroatoms. The van der Waals surface area contributed by atoms with Crippen LogP contribution in [0.5, 0.6) is 11.5 Å². The predicted molar refractivity (Wildman–Crippen MR) is 330 cm³/mol. The van der Waals surface area contributed by atoms with Crippen LogP contribution in [-0.2, 0) is 48.1 Å². The number of imidazole rings is 1. The zero-order valence-electron chi connectivity index (χ0n) is 53.9. The van der Waals surface area contributed by atoms with Crippen molar-refractivity contribution in [3.8, 4) is 62.1 Å². The van der Waals surface area contributed by atoms with Gasteiger partial charge in [0.15, 0.2) is 0 Å². The second kappa shape index (κ2) is 20.6. The number of hydrogen-bond acceptors (Lipinski definition) is 2. The van der Waals surface area contributed by atoms with E-state index in [9.17, 15) is 2.74 Å². The van der Waals surface area contributed by atoms with Crippen LogP contribution in [0.1, 0.15) is 139 Å². The number of hydrogen-bond donors (Lipinski definition) is 0. The third-order valence-corrected chi connectivity index (χ3v) is 15.2. The SMILES string of the molecule is [2H]c1c([2H])c([2H])c(-c2cc(-c3cccc(C(C)(C)C)c3)c(-[n+]3[c-]n(-c4[c-]c(Oc5[c-]c6c(cc5)c5ccccc5n6-c5cc(C(C)(C)C)ccn5)ccc4)c4cc(-c5cc(C(C)(C)C)cc(C(C)(C)C)c5)ccc43)c(C(C)(C)C)c2)c([2H])c1[2H].[Pt]. The average molecular weight is 1240 g/mol. The first-order valence-corrected chi connectivity index (χ1v) is 27.5. The maximum Gasteiger partial charge on any atom is 0.268 e. The second-order valence-electron chi connectivity index (χ2n) is 26.4. The molecule has 0 saturated carbocycles. The number of pyridine rings is 1. The van der Waals surface area contributed by atoms with Gasteiger partial charge in [-0.1, -0.05) is 218 Å². The first kappa shape index (κ1) is 49.7. The monoisotopic (exact) mass is 1230 g/mol. The summed E-state index contributed by atoms with van der Waals surface area (Å²) in [6.45, 7) is 33.3. The molecule has 0 spiro atoms. The quantitative estimate of drug-likeness (QED) is 0.112. The topological polar surface area (TPSA) is 35.9 Å². The predicted octanol–water partition coefficient (Wildman–Crippen LogP) is 19.1. The van der Waals surface area contributed by atoms with Crippen LogP contribution in [0.3, 0.4) is 0 Å². The van der Waals surface area contributed by atoms with E-state index in [0.717, 1.165) is 77.7 Å². The molecule has 3 heterocycles. The van der Waals surface area contributed by atoms with Crippen LogP contribution in [0.15, 0.2) is 176 Å². The Morgan fingerprint density at radius 3 is 1.81 bits per heavy atom. The van der Waals surface area contributed by atoms with Gasteiger partial charge in [-0.2, -0.15) is 18.2 Å². The van der Waals surface area contributed by atoms with Crippen molar-refractivity contribution in [2.75, 3.05) is 0 Å². The van der Waals surface area contributed by atoms with E-state index in [1.165, 1.54) is 16.7 Å². The standard InChI is InChI=1S/C74H74N4O.Pt/c1-70(2,3)53-26-21-25-50(37-53)62-40-52(48-23-17-16-18-24-48)41-63(74(13,14)15)69(62)77-47-76(67-42-49(31-34-65(67)77)51-38-55(72(7,8)9)43-56(39-51)73(10,11)12)57-27-22-28-58(45-57)79-59-32-33-61-60-29-19-20-30-64(60)78(66(61)46-59)68-44-54(35-36-75-68)71(4,5)6;/h16-44H,1-15H3;/q-2;/i16D,17D,18D,23D,24D;. The van der Waals surface area contributed by atoms with Crippen molar-refractivity contribution in [3.63, 3.8) is 0 Å². The third-order valence-electron chi connectivity index (χ3n) is 15.2. The molecule has 0 saturated heterocycles. The molecule has 0 radical (unpaired) electrons. The number of para-hydroxylation sites is 1. The van der Waals surface area contributed by atoms with Crippen LogP contribution in [0.25, 0.3) is 83.4 Å². The zero-order chi connectivity index (χ0) is 60.3. The van der Waals surface area contributed by atoms with Crippen molar-refractivity contribution in [2.45, 2.75) is 131 Å². The Labute approximate surface area is 496 Å². The van der Waals surface area contributed by atoms with E-state index in [4.69, 9.17) is 13.8 Å². The van der Waals surface area contributed by atoms with Crippen molar-refractivity contribution < 1.29 is 37.2 Å². The molecule has 5 nitrogen and oxygen atoms in total. The minimum Gasteiger partial charge on any atom is -0.510 e. The van der Waals surface area contributed by atoms with Crippen LogP contribution < -0.4 is 9.30 Å². The van der Waals surface area contributed by atoms with Gasteiger partial charge >= 0.3 is 0 Å². The summed E-state index contributed by atoms with van der Waals surface area (Å²) in [4.78, 5) is 4.90. The molecule has 11 rings (SSSR count). The molecule has 0 aliphatic carbocycles. The third kappa shape index (κ3) is 10.9. The molecule has 0 fully saturated rings. The number of nitrogens with zero attached hydrogens (tertiary/aromatic N) is 4. The van der Waals surface area contributed by atoms with Gasteiger partial charge in [0.05, 0.1) is 23.6 Å². The van der Waals surface area contributed by atoms with Crippen LogP contribution in [-0.4, -0.2) is 14.1 Å². The summed E-state index contributed by atoms with van der Waals surface area (Å²) in [5.41, 5.74) is 14.4. The summed E-state index contributed by atoms with van der Waals surface area (Å²) in [5.74, 6) is 1.82. The van der Waals surface area contributed by atoms with E-state index < -0.39 is 11.5 Å². The van der Waals surface area contributed by atoms with Crippen molar-refractivity contribution >= 4 is 32.8 Å².